The van der Waals surface area contributed by atoms with Gasteiger partial charge in [0.15, 0.2) is 5.13 Å². The highest BCUT2D eigenvalue weighted by Crippen LogP contribution is 2.36. The first-order chi connectivity index (χ1) is 17.0. The minimum absolute atomic E-state index is 0.0558. The number of ether oxygens (including phenoxy) is 1. The predicted octanol–water partition coefficient (Wildman–Crippen LogP) is 6.20. The molecule has 0 unspecified atom stereocenters. The van der Waals surface area contributed by atoms with Gasteiger partial charge < -0.3 is 9.64 Å². The summed E-state index contributed by atoms with van der Waals surface area (Å²) < 4.78 is 6.61. The maximum absolute atomic E-state index is 13.6. The second-order valence-corrected chi connectivity index (χ2v) is 9.55. The molecule has 3 aromatic carbocycles. The maximum atomic E-state index is 13.6. The molecule has 0 aliphatic rings. The van der Waals surface area contributed by atoms with Gasteiger partial charge in [-0.15, -0.1) is 0 Å². The lowest BCUT2D eigenvalue weighted by atomic mass is 10.0. The second-order valence-electron chi connectivity index (χ2n) is 8.57. The molecule has 4 rings (SSSR count). The van der Waals surface area contributed by atoms with Crippen LogP contribution in [0.25, 0.3) is 21.3 Å². The van der Waals surface area contributed by atoms with Gasteiger partial charge in [0.2, 0.25) is 5.91 Å². The minimum Gasteiger partial charge on any atom is -0.494 e. The number of anilines is 1. The monoisotopic (exact) mass is 487 g/mol. The average Bonchev–Trinajstić information content (AvgIpc) is 3.34. The molecule has 0 aliphatic heterocycles. The number of hydrogen-bond donors (Lipinski definition) is 0. The van der Waals surface area contributed by atoms with Crippen LogP contribution in [-0.4, -0.2) is 49.1 Å². The quantitative estimate of drug-likeness (QED) is 0.267. The molecule has 0 atom stereocenters. The Balaban J connectivity index is 1.60. The third-order valence-corrected chi connectivity index (χ3v) is 7.61. The van der Waals surface area contributed by atoms with Crippen molar-refractivity contribution in [2.75, 3.05) is 38.2 Å². The number of likely N-dealkylation sites (N-methyl/N-ethyl adjacent to an activating group) is 1. The largest absolute Gasteiger partial charge is 0.494 e. The molecule has 1 aromatic heterocycles. The van der Waals surface area contributed by atoms with Crippen molar-refractivity contribution >= 4 is 32.6 Å². The van der Waals surface area contributed by atoms with Gasteiger partial charge in [-0.25, -0.2) is 4.98 Å². The molecule has 5 nitrogen and oxygen atoms in total. The Morgan fingerprint density at radius 3 is 2.26 bits per heavy atom. The Morgan fingerprint density at radius 2 is 1.60 bits per heavy atom. The van der Waals surface area contributed by atoms with E-state index >= 15 is 0 Å². The van der Waals surface area contributed by atoms with Crippen molar-refractivity contribution in [3.05, 3.63) is 77.9 Å². The molecule has 0 radical (unpaired) electrons. The van der Waals surface area contributed by atoms with Crippen LogP contribution in [0.2, 0.25) is 0 Å². The maximum Gasteiger partial charge on any atom is 0.233 e. The summed E-state index contributed by atoms with van der Waals surface area (Å²) in [5, 5.41) is 0.727. The number of methoxy groups -OCH3 is 1. The molecule has 0 spiro atoms. The van der Waals surface area contributed by atoms with E-state index in [4.69, 9.17) is 9.72 Å². The van der Waals surface area contributed by atoms with E-state index in [-0.39, 0.29) is 5.91 Å². The molecule has 4 aromatic rings. The van der Waals surface area contributed by atoms with E-state index in [1.54, 1.807) is 18.4 Å². The summed E-state index contributed by atoms with van der Waals surface area (Å²) in [6.07, 6.45) is 0.333. The van der Waals surface area contributed by atoms with Crippen LogP contribution >= 0.6 is 11.3 Å². The molecule has 0 N–H and O–H groups in total. The van der Waals surface area contributed by atoms with Crippen LogP contribution in [0, 0.1) is 6.92 Å². The van der Waals surface area contributed by atoms with Gasteiger partial charge in [0.1, 0.15) is 11.3 Å². The Labute approximate surface area is 212 Å². The van der Waals surface area contributed by atoms with E-state index in [1.165, 1.54) is 5.56 Å². The first-order valence-electron chi connectivity index (χ1n) is 12.1. The average molecular weight is 488 g/mol. The molecule has 0 aliphatic carbocycles. The number of aromatic nitrogens is 1. The van der Waals surface area contributed by atoms with Gasteiger partial charge >= 0.3 is 0 Å². The number of fused-ring (bicyclic) bond motifs is 1. The standard InChI is InChI=1S/C29H33N3O2S/c1-5-31(6-2)18-19-32(29-30-27-25(34-4)17-12-21(3)28(27)35-29)26(33)20-22-13-15-24(16-14-22)23-10-8-7-9-11-23/h7-17H,5-6,18-20H2,1-4H3. The van der Waals surface area contributed by atoms with E-state index in [0.717, 1.165) is 57.4 Å². The van der Waals surface area contributed by atoms with Gasteiger partial charge in [-0.3, -0.25) is 9.69 Å². The van der Waals surface area contributed by atoms with Gasteiger partial charge in [0, 0.05) is 13.1 Å². The Morgan fingerprint density at radius 1 is 0.914 bits per heavy atom. The van der Waals surface area contributed by atoms with Crippen molar-refractivity contribution in [3.8, 4) is 16.9 Å². The number of benzene rings is 3. The van der Waals surface area contributed by atoms with E-state index in [0.29, 0.717) is 13.0 Å². The summed E-state index contributed by atoms with van der Waals surface area (Å²) in [6.45, 7) is 9.67. The van der Waals surface area contributed by atoms with Crippen LogP contribution < -0.4 is 9.64 Å². The minimum atomic E-state index is 0.0558. The SMILES string of the molecule is CCN(CC)CCN(C(=O)Cc1ccc(-c2ccccc2)cc1)c1nc2c(OC)ccc(C)c2s1. The molecule has 0 saturated heterocycles. The van der Waals surface area contributed by atoms with Crippen molar-refractivity contribution in [1.29, 1.82) is 0 Å². The third-order valence-electron chi connectivity index (χ3n) is 6.39. The normalized spacial score (nSPS) is 11.2. The molecule has 6 heteroatoms. The molecule has 35 heavy (non-hydrogen) atoms. The van der Waals surface area contributed by atoms with Crippen LogP contribution in [0.4, 0.5) is 5.13 Å². The lowest BCUT2D eigenvalue weighted by Crippen LogP contribution is -2.39. The zero-order chi connectivity index (χ0) is 24.8. The summed E-state index contributed by atoms with van der Waals surface area (Å²) in [7, 11) is 1.66. The molecule has 182 valence electrons. The predicted molar refractivity (Wildman–Crippen MR) is 147 cm³/mol. The Kier molecular flexibility index (Phi) is 8.16. The second kappa shape index (κ2) is 11.5. The highest BCUT2D eigenvalue weighted by Gasteiger charge is 2.22. The number of amides is 1. The van der Waals surface area contributed by atoms with Crippen molar-refractivity contribution in [2.24, 2.45) is 0 Å². The van der Waals surface area contributed by atoms with Crippen LogP contribution in [-0.2, 0) is 11.2 Å². The van der Waals surface area contributed by atoms with Gasteiger partial charge in [0.05, 0.1) is 18.2 Å². The molecule has 1 amide bonds. The fourth-order valence-electron chi connectivity index (χ4n) is 4.20. The summed E-state index contributed by atoms with van der Waals surface area (Å²) in [5.41, 5.74) is 5.27. The number of carbonyl (C=O) groups is 1. The first-order valence-corrected chi connectivity index (χ1v) is 13.0. The zero-order valence-electron chi connectivity index (χ0n) is 21.0. The van der Waals surface area contributed by atoms with E-state index in [1.807, 2.05) is 47.4 Å². The zero-order valence-corrected chi connectivity index (χ0v) is 21.8. The van der Waals surface area contributed by atoms with E-state index < -0.39 is 0 Å². The molecule has 0 fully saturated rings. The summed E-state index contributed by atoms with van der Waals surface area (Å²) in [4.78, 5) is 22.7. The topological polar surface area (TPSA) is 45.7 Å². The summed E-state index contributed by atoms with van der Waals surface area (Å²) in [5.74, 6) is 0.793. The van der Waals surface area contributed by atoms with Gasteiger partial charge in [-0.05, 0) is 48.3 Å². The highest BCUT2D eigenvalue weighted by molar-refractivity contribution is 7.22. The summed E-state index contributed by atoms with van der Waals surface area (Å²) in [6, 6.07) is 22.5. The molecule has 1 heterocycles. The molecular formula is C29H33N3O2S. The highest BCUT2D eigenvalue weighted by atomic mass is 32.1. The number of rotatable bonds is 10. The number of thiazole rings is 1. The first kappa shape index (κ1) is 24.9. The van der Waals surface area contributed by atoms with Crippen molar-refractivity contribution in [1.82, 2.24) is 9.88 Å². The molecular weight excluding hydrogens is 454 g/mol. The fourth-order valence-corrected chi connectivity index (χ4v) is 5.30. The number of hydrogen-bond acceptors (Lipinski definition) is 5. The molecule has 0 saturated carbocycles. The van der Waals surface area contributed by atoms with Crippen LogP contribution in [0.3, 0.4) is 0 Å². The van der Waals surface area contributed by atoms with Crippen molar-refractivity contribution in [2.45, 2.75) is 27.2 Å². The smallest absolute Gasteiger partial charge is 0.233 e. The Hall–Kier alpha value is -3.22. The molecule has 0 bridgehead atoms. The van der Waals surface area contributed by atoms with Gasteiger partial charge in [0.25, 0.3) is 0 Å². The van der Waals surface area contributed by atoms with Crippen LogP contribution in [0.5, 0.6) is 5.75 Å². The number of carbonyl (C=O) groups excluding carboxylic acids is 1. The summed E-state index contributed by atoms with van der Waals surface area (Å²) >= 11 is 1.56. The lowest BCUT2D eigenvalue weighted by molar-refractivity contribution is -0.118. The van der Waals surface area contributed by atoms with Crippen LogP contribution in [0.15, 0.2) is 66.7 Å². The number of nitrogens with zero attached hydrogens (tertiary/aromatic N) is 3. The fraction of sp³-hybridized carbons (Fsp3) is 0.310. The van der Waals surface area contributed by atoms with Gasteiger partial charge in [-0.1, -0.05) is 85.8 Å². The van der Waals surface area contributed by atoms with Gasteiger partial charge in [-0.2, -0.15) is 0 Å². The third kappa shape index (κ3) is 5.72. The van der Waals surface area contributed by atoms with Crippen molar-refractivity contribution < 1.29 is 9.53 Å². The van der Waals surface area contributed by atoms with E-state index in [2.05, 4.69) is 49.9 Å². The van der Waals surface area contributed by atoms with E-state index in [9.17, 15) is 4.79 Å². The number of aryl methyl sites for hydroxylation is 1. The lowest BCUT2D eigenvalue weighted by Gasteiger charge is -2.24. The Bertz CT molecular complexity index is 1260. The van der Waals surface area contributed by atoms with Crippen LogP contribution in [0.1, 0.15) is 25.0 Å². The van der Waals surface area contributed by atoms with Crippen molar-refractivity contribution in [3.63, 3.8) is 0 Å².